The van der Waals surface area contributed by atoms with Gasteiger partial charge in [0.25, 0.3) is 0 Å². The molecule has 1 aliphatic heterocycles. The van der Waals surface area contributed by atoms with Gasteiger partial charge in [0.15, 0.2) is 5.96 Å². The Morgan fingerprint density at radius 3 is 2.64 bits per heavy atom. The van der Waals surface area contributed by atoms with Crippen LogP contribution in [-0.4, -0.2) is 30.5 Å². The number of hydrogen-bond donors (Lipinski definition) is 3. The summed E-state index contributed by atoms with van der Waals surface area (Å²) in [5, 5.41) is 3.10. The van der Waals surface area contributed by atoms with Gasteiger partial charge < -0.3 is 21.7 Å². The fourth-order valence-corrected chi connectivity index (χ4v) is 3.12. The Balaban J connectivity index is 2.10. The van der Waals surface area contributed by atoms with E-state index < -0.39 is 5.66 Å². The van der Waals surface area contributed by atoms with E-state index >= 15 is 0 Å². The fraction of sp³-hybridized carbons (Fsp3) is 0.588. The molecule has 0 spiro atoms. The average Bonchev–Trinajstić information content (AvgIpc) is 2.51. The maximum Gasteiger partial charge on any atom is 0.195 e. The number of nitrogens with one attached hydrogen (secondary N) is 1. The summed E-state index contributed by atoms with van der Waals surface area (Å²) < 4.78 is 0. The zero-order valence-corrected chi connectivity index (χ0v) is 14.0. The molecule has 0 fully saturated rings. The molecule has 22 heavy (non-hydrogen) atoms. The van der Waals surface area contributed by atoms with Gasteiger partial charge in [0.05, 0.1) is 0 Å². The van der Waals surface area contributed by atoms with E-state index in [1.165, 1.54) is 0 Å². The molecule has 0 aliphatic carbocycles. The van der Waals surface area contributed by atoms with Gasteiger partial charge >= 0.3 is 0 Å². The number of aliphatic imine (C=N–C) groups is 1. The summed E-state index contributed by atoms with van der Waals surface area (Å²) in [5.74, 6) is 0.627. The summed E-state index contributed by atoms with van der Waals surface area (Å²) in [6.07, 6.45) is 2.14. The van der Waals surface area contributed by atoms with Crippen molar-refractivity contribution in [3.63, 3.8) is 0 Å². The van der Waals surface area contributed by atoms with Crippen molar-refractivity contribution in [2.75, 3.05) is 25.0 Å². The molecule has 5 nitrogen and oxygen atoms in total. The van der Waals surface area contributed by atoms with Crippen molar-refractivity contribution in [2.24, 2.45) is 22.4 Å². The molecule has 2 rings (SSSR count). The van der Waals surface area contributed by atoms with E-state index in [0.717, 1.165) is 43.7 Å². The van der Waals surface area contributed by atoms with Gasteiger partial charge in [-0.25, -0.2) is 4.99 Å². The molecule has 5 N–H and O–H groups in total. The third kappa shape index (κ3) is 3.42. The lowest BCUT2D eigenvalue weighted by Gasteiger charge is -2.37. The monoisotopic (exact) mass is 303 g/mol. The van der Waals surface area contributed by atoms with Crippen molar-refractivity contribution in [3.8, 4) is 0 Å². The number of benzene rings is 1. The highest BCUT2D eigenvalue weighted by Crippen LogP contribution is 2.38. The average molecular weight is 303 g/mol. The number of nitrogens with two attached hydrogens (primary N) is 2. The van der Waals surface area contributed by atoms with Crippen molar-refractivity contribution in [1.29, 1.82) is 0 Å². The molecule has 1 aromatic carbocycles. The van der Waals surface area contributed by atoms with Gasteiger partial charge in [0.2, 0.25) is 0 Å². The molecule has 0 amide bonds. The third-order valence-corrected chi connectivity index (χ3v) is 4.68. The van der Waals surface area contributed by atoms with Crippen molar-refractivity contribution in [1.82, 2.24) is 4.90 Å². The molecule has 0 saturated heterocycles. The zero-order chi connectivity index (χ0) is 16.2. The van der Waals surface area contributed by atoms with Gasteiger partial charge in [0.1, 0.15) is 5.66 Å². The fourth-order valence-electron chi connectivity index (χ4n) is 3.12. The summed E-state index contributed by atoms with van der Waals surface area (Å²) in [7, 11) is 0. The van der Waals surface area contributed by atoms with Crippen LogP contribution in [0.5, 0.6) is 0 Å². The second kappa shape index (κ2) is 7.11. The highest BCUT2D eigenvalue weighted by Gasteiger charge is 2.37. The molecule has 1 aromatic rings. The second-order valence-electron chi connectivity index (χ2n) is 6.06. The van der Waals surface area contributed by atoms with Gasteiger partial charge in [-0.05, 0) is 44.5 Å². The molecular weight excluding hydrogens is 274 g/mol. The standard InChI is InChI=1S/C17H29N5/c1-4-22(5-2)12-8-9-13(3)17(19)14-10-6-7-11-15(14)20-16(18)21-17/h6-7,10-11,13H,4-5,8-9,12,19H2,1-3H3,(H3,18,20,21). The zero-order valence-electron chi connectivity index (χ0n) is 14.0. The molecule has 1 heterocycles. The van der Waals surface area contributed by atoms with E-state index in [1.807, 2.05) is 24.3 Å². The summed E-state index contributed by atoms with van der Waals surface area (Å²) in [4.78, 5) is 6.98. The van der Waals surface area contributed by atoms with Crippen LogP contribution in [0, 0.1) is 5.92 Å². The van der Waals surface area contributed by atoms with Gasteiger partial charge in [0, 0.05) is 11.3 Å². The van der Waals surface area contributed by atoms with E-state index in [-0.39, 0.29) is 5.92 Å². The molecule has 2 unspecified atom stereocenters. The normalized spacial score (nSPS) is 22.0. The lowest BCUT2D eigenvalue weighted by atomic mass is 9.83. The van der Waals surface area contributed by atoms with Crippen LogP contribution >= 0.6 is 0 Å². The minimum absolute atomic E-state index is 0.227. The number of fused-ring (bicyclic) bond motifs is 1. The Kier molecular flexibility index (Phi) is 5.42. The van der Waals surface area contributed by atoms with Crippen LogP contribution < -0.4 is 16.8 Å². The molecule has 0 bridgehead atoms. The molecule has 5 heteroatoms. The van der Waals surface area contributed by atoms with Crippen LogP contribution in [0.4, 0.5) is 5.69 Å². The van der Waals surface area contributed by atoms with E-state index in [1.54, 1.807) is 0 Å². The van der Waals surface area contributed by atoms with Crippen LogP contribution in [-0.2, 0) is 5.66 Å². The van der Waals surface area contributed by atoms with Crippen molar-refractivity contribution < 1.29 is 0 Å². The first-order valence-electron chi connectivity index (χ1n) is 8.24. The summed E-state index contributed by atoms with van der Waals surface area (Å²) in [6, 6.07) is 8.03. The minimum Gasteiger partial charge on any atom is -0.370 e. The maximum absolute atomic E-state index is 6.67. The van der Waals surface area contributed by atoms with E-state index in [9.17, 15) is 0 Å². The highest BCUT2D eigenvalue weighted by molar-refractivity contribution is 5.95. The van der Waals surface area contributed by atoms with Crippen LogP contribution in [0.25, 0.3) is 0 Å². The molecule has 0 radical (unpaired) electrons. The Hall–Kier alpha value is -1.59. The van der Waals surface area contributed by atoms with Crippen molar-refractivity contribution in [2.45, 2.75) is 39.3 Å². The Bertz CT molecular complexity index is 524. The number of hydrogen-bond acceptors (Lipinski definition) is 5. The summed E-state index contributed by atoms with van der Waals surface area (Å²) >= 11 is 0. The highest BCUT2D eigenvalue weighted by atomic mass is 15.2. The molecule has 1 aliphatic rings. The first-order chi connectivity index (χ1) is 10.5. The predicted molar refractivity (Wildman–Crippen MR) is 93.7 cm³/mol. The van der Waals surface area contributed by atoms with Crippen LogP contribution in [0.3, 0.4) is 0 Å². The number of para-hydroxylation sites is 1. The lowest BCUT2D eigenvalue weighted by Crippen LogP contribution is -2.47. The Labute approximate surface area is 133 Å². The first kappa shape index (κ1) is 16.8. The van der Waals surface area contributed by atoms with Crippen molar-refractivity contribution in [3.05, 3.63) is 29.8 Å². The predicted octanol–water partition coefficient (Wildman–Crippen LogP) is 2.30. The number of anilines is 1. The molecule has 0 saturated carbocycles. The molecule has 122 valence electrons. The van der Waals surface area contributed by atoms with Crippen LogP contribution in [0.2, 0.25) is 0 Å². The van der Waals surface area contributed by atoms with E-state index in [4.69, 9.17) is 11.5 Å². The Morgan fingerprint density at radius 2 is 1.95 bits per heavy atom. The minimum atomic E-state index is -0.741. The topological polar surface area (TPSA) is 79.7 Å². The number of nitrogens with zero attached hydrogens (tertiary/aromatic N) is 2. The van der Waals surface area contributed by atoms with Gasteiger partial charge in [-0.2, -0.15) is 0 Å². The van der Waals surface area contributed by atoms with Gasteiger partial charge in [-0.3, -0.25) is 0 Å². The quantitative estimate of drug-likeness (QED) is 0.722. The molecular formula is C17H29N5. The van der Waals surface area contributed by atoms with Gasteiger partial charge in [-0.1, -0.05) is 39.0 Å². The smallest absolute Gasteiger partial charge is 0.195 e. The lowest BCUT2D eigenvalue weighted by molar-refractivity contribution is 0.249. The number of guanidine groups is 1. The van der Waals surface area contributed by atoms with E-state index in [2.05, 4.69) is 36.0 Å². The Morgan fingerprint density at radius 1 is 1.27 bits per heavy atom. The maximum atomic E-state index is 6.67. The van der Waals surface area contributed by atoms with Gasteiger partial charge in [-0.15, -0.1) is 0 Å². The third-order valence-electron chi connectivity index (χ3n) is 4.68. The largest absolute Gasteiger partial charge is 0.370 e. The molecule has 2 atom stereocenters. The molecule has 0 aromatic heterocycles. The van der Waals surface area contributed by atoms with Crippen molar-refractivity contribution >= 4 is 11.6 Å². The van der Waals surface area contributed by atoms with Crippen LogP contribution in [0.1, 0.15) is 39.2 Å². The SMILES string of the molecule is CCN(CC)CCCC(C)C1(N)N=C(N)Nc2ccccc21. The summed E-state index contributed by atoms with van der Waals surface area (Å²) in [6.45, 7) is 9.86. The first-order valence-corrected chi connectivity index (χ1v) is 8.24. The second-order valence-corrected chi connectivity index (χ2v) is 6.06. The van der Waals surface area contributed by atoms with Crippen LogP contribution in [0.15, 0.2) is 29.3 Å². The number of rotatable bonds is 7. The summed E-state index contributed by atoms with van der Waals surface area (Å²) in [5.41, 5.74) is 13.9. The van der Waals surface area contributed by atoms with E-state index in [0.29, 0.717) is 5.96 Å².